The van der Waals surface area contributed by atoms with Gasteiger partial charge in [0.05, 0.1) is 13.3 Å². The lowest BCUT2D eigenvalue weighted by molar-refractivity contribution is 0.397. The monoisotopic (exact) mass is 331 g/mol. The zero-order valence-corrected chi connectivity index (χ0v) is 12.1. The lowest BCUT2D eigenvalue weighted by Gasteiger charge is -2.08. The number of rotatable bonds is 3. The van der Waals surface area contributed by atoms with Gasteiger partial charge in [0.2, 0.25) is 5.88 Å². The van der Waals surface area contributed by atoms with Gasteiger partial charge in [-0.15, -0.1) is 0 Å². The molecule has 0 aliphatic rings. The van der Waals surface area contributed by atoms with Crippen molar-refractivity contribution in [1.29, 1.82) is 0 Å². The van der Waals surface area contributed by atoms with Gasteiger partial charge in [-0.25, -0.2) is 19.9 Å². The molecule has 0 radical (unpaired) electrons. The quantitative estimate of drug-likeness (QED) is 0.795. The van der Waals surface area contributed by atoms with E-state index >= 15 is 0 Å². The number of nitrogens with zero attached hydrogens (tertiary/aromatic N) is 4. The summed E-state index contributed by atoms with van der Waals surface area (Å²) in [7, 11) is 1.54. The van der Waals surface area contributed by atoms with Crippen LogP contribution in [0.4, 0.5) is 11.5 Å². The van der Waals surface area contributed by atoms with Gasteiger partial charge in [0.25, 0.3) is 0 Å². The van der Waals surface area contributed by atoms with Crippen LogP contribution in [0.2, 0.25) is 0 Å². The Bertz CT molecular complexity index is 765. The van der Waals surface area contributed by atoms with Gasteiger partial charge >= 0.3 is 0 Å². The standard InChI is InChI=1S/C13H10BrN5O/c1-20-10-6-15-12-11(19-10)13(17-7-16-12)18-9-4-2-3-8(14)5-9/h2-7H,1H3,(H,15,16,17,18). The van der Waals surface area contributed by atoms with Crippen LogP contribution < -0.4 is 10.1 Å². The highest BCUT2D eigenvalue weighted by atomic mass is 79.9. The Morgan fingerprint density at radius 3 is 2.90 bits per heavy atom. The van der Waals surface area contributed by atoms with Gasteiger partial charge in [0.1, 0.15) is 6.33 Å². The summed E-state index contributed by atoms with van der Waals surface area (Å²) in [5.41, 5.74) is 1.97. The fraction of sp³-hybridized carbons (Fsp3) is 0.0769. The van der Waals surface area contributed by atoms with E-state index in [9.17, 15) is 0 Å². The number of ether oxygens (including phenoxy) is 1. The van der Waals surface area contributed by atoms with E-state index in [0.717, 1.165) is 10.2 Å². The van der Waals surface area contributed by atoms with Gasteiger partial charge in [-0.2, -0.15) is 0 Å². The van der Waals surface area contributed by atoms with Gasteiger partial charge < -0.3 is 10.1 Å². The third-order valence-electron chi connectivity index (χ3n) is 2.62. The van der Waals surface area contributed by atoms with Crippen molar-refractivity contribution in [3.8, 4) is 5.88 Å². The molecule has 2 aromatic heterocycles. The largest absolute Gasteiger partial charge is 0.480 e. The molecule has 0 unspecified atom stereocenters. The summed E-state index contributed by atoms with van der Waals surface area (Å²) >= 11 is 3.43. The third-order valence-corrected chi connectivity index (χ3v) is 3.11. The SMILES string of the molecule is COc1cnc2ncnc(Nc3cccc(Br)c3)c2n1. The van der Waals surface area contributed by atoms with Crippen LogP contribution in [0.5, 0.6) is 5.88 Å². The van der Waals surface area contributed by atoms with Crippen molar-refractivity contribution in [2.24, 2.45) is 0 Å². The number of fused-ring (bicyclic) bond motifs is 1. The average molecular weight is 332 g/mol. The molecule has 0 saturated heterocycles. The molecule has 7 heteroatoms. The van der Waals surface area contributed by atoms with Crippen LogP contribution in [-0.4, -0.2) is 27.0 Å². The lowest BCUT2D eigenvalue weighted by Crippen LogP contribution is -2.00. The number of aromatic nitrogens is 4. The van der Waals surface area contributed by atoms with Crippen LogP contribution in [0.15, 0.2) is 41.3 Å². The molecule has 0 spiro atoms. The maximum absolute atomic E-state index is 5.08. The number of halogens is 1. The molecule has 0 aliphatic carbocycles. The number of anilines is 2. The van der Waals surface area contributed by atoms with Crippen LogP contribution in [0.25, 0.3) is 11.2 Å². The first kappa shape index (κ1) is 12.7. The molecule has 6 nitrogen and oxygen atoms in total. The highest BCUT2D eigenvalue weighted by molar-refractivity contribution is 9.10. The Labute approximate surface area is 123 Å². The third kappa shape index (κ3) is 2.53. The Hall–Kier alpha value is -2.28. The van der Waals surface area contributed by atoms with E-state index in [1.807, 2.05) is 24.3 Å². The molecule has 0 bridgehead atoms. The Morgan fingerprint density at radius 1 is 1.20 bits per heavy atom. The van der Waals surface area contributed by atoms with E-state index in [1.165, 1.54) is 12.5 Å². The van der Waals surface area contributed by atoms with Gasteiger partial charge in [-0.05, 0) is 18.2 Å². The molecule has 1 N–H and O–H groups in total. The molecule has 0 aliphatic heterocycles. The molecule has 0 saturated carbocycles. The predicted octanol–water partition coefficient (Wildman–Crippen LogP) is 2.93. The summed E-state index contributed by atoms with van der Waals surface area (Å²) in [4.78, 5) is 16.8. The molecule has 3 rings (SSSR count). The summed E-state index contributed by atoms with van der Waals surface area (Å²) in [5, 5.41) is 3.20. The van der Waals surface area contributed by atoms with E-state index in [2.05, 4.69) is 41.2 Å². The Balaban J connectivity index is 2.06. The van der Waals surface area contributed by atoms with Gasteiger partial charge in [0.15, 0.2) is 17.0 Å². The first-order chi connectivity index (χ1) is 9.76. The fourth-order valence-corrected chi connectivity index (χ4v) is 2.11. The van der Waals surface area contributed by atoms with Crippen molar-refractivity contribution in [1.82, 2.24) is 19.9 Å². The first-order valence-corrected chi connectivity index (χ1v) is 6.60. The minimum atomic E-state index is 0.421. The topological polar surface area (TPSA) is 72.8 Å². The number of hydrogen-bond acceptors (Lipinski definition) is 6. The highest BCUT2D eigenvalue weighted by Crippen LogP contribution is 2.23. The van der Waals surface area contributed by atoms with Crippen LogP contribution >= 0.6 is 15.9 Å². The highest BCUT2D eigenvalue weighted by Gasteiger charge is 2.08. The first-order valence-electron chi connectivity index (χ1n) is 5.80. The average Bonchev–Trinajstić information content (AvgIpc) is 2.47. The molecular weight excluding hydrogens is 322 g/mol. The van der Waals surface area contributed by atoms with Crippen LogP contribution in [0.1, 0.15) is 0 Å². The second kappa shape index (κ2) is 5.38. The maximum Gasteiger partial charge on any atom is 0.232 e. The maximum atomic E-state index is 5.08. The van der Waals surface area contributed by atoms with Crippen LogP contribution in [-0.2, 0) is 0 Å². The van der Waals surface area contributed by atoms with E-state index in [0.29, 0.717) is 22.9 Å². The molecule has 3 aromatic rings. The zero-order valence-electron chi connectivity index (χ0n) is 10.5. The lowest BCUT2D eigenvalue weighted by atomic mass is 10.3. The molecule has 20 heavy (non-hydrogen) atoms. The summed E-state index contributed by atoms with van der Waals surface area (Å²) in [6.07, 6.45) is 2.97. The normalized spacial score (nSPS) is 10.5. The van der Waals surface area contributed by atoms with Gasteiger partial charge in [0, 0.05) is 10.2 Å². The summed E-state index contributed by atoms with van der Waals surface area (Å²) in [6, 6.07) is 7.77. The molecule has 0 atom stereocenters. The van der Waals surface area contributed by atoms with Crippen molar-refractivity contribution in [2.45, 2.75) is 0 Å². The molecule has 1 aromatic carbocycles. The molecule has 100 valence electrons. The van der Waals surface area contributed by atoms with Crippen LogP contribution in [0.3, 0.4) is 0 Å². The smallest absolute Gasteiger partial charge is 0.232 e. The van der Waals surface area contributed by atoms with Crippen molar-refractivity contribution in [3.05, 3.63) is 41.3 Å². The zero-order chi connectivity index (χ0) is 13.9. The van der Waals surface area contributed by atoms with Crippen LogP contribution in [0, 0.1) is 0 Å². The Morgan fingerprint density at radius 2 is 2.10 bits per heavy atom. The molecule has 0 fully saturated rings. The van der Waals surface area contributed by atoms with E-state index in [1.54, 1.807) is 7.11 Å². The van der Waals surface area contributed by atoms with E-state index in [-0.39, 0.29) is 0 Å². The number of benzene rings is 1. The van der Waals surface area contributed by atoms with Gasteiger partial charge in [-0.1, -0.05) is 22.0 Å². The Kier molecular flexibility index (Phi) is 3.42. The summed E-state index contributed by atoms with van der Waals surface area (Å²) in [6.45, 7) is 0. The summed E-state index contributed by atoms with van der Waals surface area (Å²) < 4.78 is 6.06. The van der Waals surface area contributed by atoms with Crippen molar-refractivity contribution < 1.29 is 4.74 Å². The van der Waals surface area contributed by atoms with Gasteiger partial charge in [-0.3, -0.25) is 0 Å². The van der Waals surface area contributed by atoms with Crippen molar-refractivity contribution in [2.75, 3.05) is 12.4 Å². The fourth-order valence-electron chi connectivity index (χ4n) is 1.72. The second-order valence-corrected chi connectivity index (χ2v) is 4.86. The minimum absolute atomic E-state index is 0.421. The minimum Gasteiger partial charge on any atom is -0.480 e. The van der Waals surface area contributed by atoms with Crippen molar-refractivity contribution in [3.63, 3.8) is 0 Å². The number of hydrogen-bond donors (Lipinski definition) is 1. The second-order valence-electron chi connectivity index (χ2n) is 3.94. The van der Waals surface area contributed by atoms with E-state index in [4.69, 9.17) is 4.74 Å². The number of methoxy groups -OCH3 is 1. The molecular formula is C13H10BrN5O. The summed E-state index contributed by atoms with van der Waals surface area (Å²) in [5.74, 6) is 1.00. The number of nitrogens with one attached hydrogen (secondary N) is 1. The van der Waals surface area contributed by atoms with Crippen molar-refractivity contribution >= 4 is 38.6 Å². The van der Waals surface area contributed by atoms with E-state index < -0.39 is 0 Å². The molecule has 0 amide bonds. The molecule has 2 heterocycles. The predicted molar refractivity (Wildman–Crippen MR) is 79.1 cm³/mol.